The number of piperidine rings is 1. The molecule has 0 radical (unpaired) electrons. The molecule has 4 aliphatic rings. The lowest BCUT2D eigenvalue weighted by Crippen LogP contribution is -2.46. The molecule has 0 spiro atoms. The SMILES string of the molecule is C1=CN2CCC1C1CCCC12. The lowest BCUT2D eigenvalue weighted by atomic mass is 9.79. The molecule has 4 rings (SSSR count). The van der Waals surface area contributed by atoms with E-state index in [4.69, 9.17) is 0 Å². The molecule has 1 heteroatoms. The predicted octanol–water partition coefficient (Wildman–Crippen LogP) is 2.00. The van der Waals surface area contributed by atoms with Crippen LogP contribution in [0.5, 0.6) is 0 Å². The summed E-state index contributed by atoms with van der Waals surface area (Å²) in [7, 11) is 0. The van der Waals surface area contributed by atoms with Crippen molar-refractivity contribution < 1.29 is 0 Å². The molecule has 0 aromatic rings. The van der Waals surface area contributed by atoms with Gasteiger partial charge >= 0.3 is 0 Å². The molecule has 1 nitrogen and oxygen atoms in total. The first-order valence-corrected chi connectivity index (χ1v) is 4.89. The minimum absolute atomic E-state index is 0.943. The number of allylic oxidation sites excluding steroid dienone is 1. The van der Waals surface area contributed by atoms with E-state index < -0.39 is 0 Å². The summed E-state index contributed by atoms with van der Waals surface area (Å²) >= 11 is 0. The zero-order valence-corrected chi connectivity index (χ0v) is 6.87. The smallest absolute Gasteiger partial charge is 0.0318 e. The third kappa shape index (κ3) is 0.715. The Morgan fingerprint density at radius 1 is 1.18 bits per heavy atom. The number of rotatable bonds is 0. The van der Waals surface area contributed by atoms with Gasteiger partial charge in [-0.3, -0.25) is 0 Å². The Hall–Kier alpha value is -0.460. The van der Waals surface area contributed by atoms with Crippen LogP contribution < -0.4 is 0 Å². The summed E-state index contributed by atoms with van der Waals surface area (Å²) in [5.41, 5.74) is 0. The molecule has 3 aliphatic heterocycles. The monoisotopic (exact) mass is 149 g/mol. The van der Waals surface area contributed by atoms with Crippen molar-refractivity contribution in [2.75, 3.05) is 6.54 Å². The Morgan fingerprint density at radius 3 is 2.91 bits per heavy atom. The normalized spacial score (nSPS) is 46.5. The van der Waals surface area contributed by atoms with Gasteiger partial charge in [-0.05, 0) is 37.3 Å². The standard InChI is InChI=1S/C10H15N/c1-2-9-8-4-6-11(7-5-8)10(9)3-1/h4,6,8-10H,1-3,5,7H2. The zero-order valence-electron chi connectivity index (χ0n) is 6.87. The fourth-order valence-electron chi connectivity index (χ4n) is 3.20. The Morgan fingerprint density at radius 2 is 2.18 bits per heavy atom. The maximum atomic E-state index is 2.58. The summed E-state index contributed by atoms with van der Waals surface area (Å²) in [4.78, 5) is 2.58. The molecule has 2 bridgehead atoms. The minimum Gasteiger partial charge on any atom is -0.374 e. The van der Waals surface area contributed by atoms with Gasteiger partial charge in [0.05, 0.1) is 0 Å². The van der Waals surface area contributed by atoms with Gasteiger partial charge < -0.3 is 4.90 Å². The van der Waals surface area contributed by atoms with Crippen molar-refractivity contribution in [2.24, 2.45) is 11.8 Å². The molecular formula is C10H15N. The lowest BCUT2D eigenvalue weighted by molar-refractivity contribution is 0.109. The molecule has 11 heavy (non-hydrogen) atoms. The molecule has 3 heterocycles. The summed E-state index contributed by atoms with van der Waals surface area (Å²) in [5.74, 6) is 1.99. The summed E-state index contributed by atoms with van der Waals surface area (Å²) < 4.78 is 0. The first kappa shape index (κ1) is 6.10. The molecule has 60 valence electrons. The van der Waals surface area contributed by atoms with Crippen molar-refractivity contribution in [3.05, 3.63) is 12.3 Å². The second kappa shape index (κ2) is 2.02. The van der Waals surface area contributed by atoms with Crippen molar-refractivity contribution >= 4 is 0 Å². The molecule has 2 fully saturated rings. The molecule has 1 saturated heterocycles. The summed E-state index contributed by atoms with van der Waals surface area (Å²) in [5, 5.41) is 0. The quantitative estimate of drug-likeness (QED) is 0.509. The van der Waals surface area contributed by atoms with Crippen LogP contribution in [0, 0.1) is 11.8 Å². The highest BCUT2D eigenvalue weighted by Gasteiger charge is 2.41. The van der Waals surface area contributed by atoms with Crippen LogP contribution in [0.25, 0.3) is 0 Å². The average molecular weight is 149 g/mol. The van der Waals surface area contributed by atoms with E-state index in [0.717, 1.165) is 17.9 Å². The molecule has 0 amide bonds. The maximum Gasteiger partial charge on any atom is 0.0318 e. The molecule has 1 saturated carbocycles. The van der Waals surface area contributed by atoms with Crippen LogP contribution in [-0.4, -0.2) is 17.5 Å². The first-order chi connectivity index (χ1) is 5.45. The Kier molecular flexibility index (Phi) is 1.12. The molecule has 0 aromatic heterocycles. The fourth-order valence-corrected chi connectivity index (χ4v) is 3.20. The van der Waals surface area contributed by atoms with Crippen LogP contribution >= 0.6 is 0 Å². The summed E-state index contributed by atoms with van der Waals surface area (Å²) in [6.07, 6.45) is 10.7. The van der Waals surface area contributed by atoms with Gasteiger partial charge in [-0.15, -0.1) is 0 Å². The first-order valence-electron chi connectivity index (χ1n) is 4.89. The van der Waals surface area contributed by atoms with Gasteiger partial charge in [0.25, 0.3) is 0 Å². The van der Waals surface area contributed by atoms with Crippen molar-refractivity contribution in [3.63, 3.8) is 0 Å². The second-order valence-electron chi connectivity index (χ2n) is 4.19. The van der Waals surface area contributed by atoms with E-state index in [2.05, 4.69) is 17.2 Å². The van der Waals surface area contributed by atoms with Gasteiger partial charge in [0.15, 0.2) is 0 Å². The van der Waals surface area contributed by atoms with E-state index in [9.17, 15) is 0 Å². The molecule has 1 aliphatic carbocycles. The minimum atomic E-state index is 0.943. The van der Waals surface area contributed by atoms with E-state index in [1.165, 1.54) is 32.2 Å². The van der Waals surface area contributed by atoms with E-state index >= 15 is 0 Å². The Balaban J connectivity index is 1.97. The van der Waals surface area contributed by atoms with Crippen molar-refractivity contribution in [1.82, 2.24) is 4.90 Å². The van der Waals surface area contributed by atoms with Crippen LogP contribution in [-0.2, 0) is 0 Å². The highest BCUT2D eigenvalue weighted by atomic mass is 15.2. The van der Waals surface area contributed by atoms with Crippen molar-refractivity contribution in [1.29, 1.82) is 0 Å². The zero-order chi connectivity index (χ0) is 7.26. The number of hydrogen-bond donors (Lipinski definition) is 0. The van der Waals surface area contributed by atoms with Crippen LogP contribution in [0.2, 0.25) is 0 Å². The topological polar surface area (TPSA) is 3.24 Å². The van der Waals surface area contributed by atoms with Gasteiger partial charge in [-0.1, -0.05) is 12.5 Å². The molecule has 0 aromatic carbocycles. The number of fused-ring (bicyclic) bond motifs is 1. The summed E-state index contributed by atoms with van der Waals surface area (Å²) in [6, 6.07) is 0.943. The van der Waals surface area contributed by atoms with Gasteiger partial charge in [0.1, 0.15) is 0 Å². The third-order valence-corrected chi connectivity index (χ3v) is 3.75. The molecule has 3 unspecified atom stereocenters. The highest BCUT2D eigenvalue weighted by molar-refractivity contribution is 5.09. The summed E-state index contributed by atoms with van der Waals surface area (Å²) in [6.45, 7) is 1.34. The van der Waals surface area contributed by atoms with E-state index in [0.29, 0.717) is 0 Å². The largest absolute Gasteiger partial charge is 0.374 e. The van der Waals surface area contributed by atoms with Crippen LogP contribution in [0.3, 0.4) is 0 Å². The Bertz CT molecular complexity index is 177. The fraction of sp³-hybridized carbons (Fsp3) is 0.800. The second-order valence-corrected chi connectivity index (χ2v) is 4.19. The molecule has 0 N–H and O–H groups in total. The van der Waals surface area contributed by atoms with Crippen molar-refractivity contribution in [3.8, 4) is 0 Å². The van der Waals surface area contributed by atoms with E-state index in [-0.39, 0.29) is 0 Å². The Labute approximate surface area is 68.1 Å². The number of hydrogen-bond acceptors (Lipinski definition) is 1. The average Bonchev–Trinajstić information content (AvgIpc) is 2.55. The van der Waals surface area contributed by atoms with E-state index in [1.54, 1.807) is 0 Å². The highest BCUT2D eigenvalue weighted by Crippen LogP contribution is 2.43. The molecule has 3 atom stereocenters. The van der Waals surface area contributed by atoms with Crippen LogP contribution in [0.1, 0.15) is 25.7 Å². The van der Waals surface area contributed by atoms with Crippen molar-refractivity contribution in [2.45, 2.75) is 31.7 Å². The number of nitrogens with zero attached hydrogens (tertiary/aromatic N) is 1. The van der Waals surface area contributed by atoms with Gasteiger partial charge in [0.2, 0.25) is 0 Å². The van der Waals surface area contributed by atoms with Crippen LogP contribution in [0.4, 0.5) is 0 Å². The van der Waals surface area contributed by atoms with Gasteiger partial charge in [0, 0.05) is 12.6 Å². The predicted molar refractivity (Wildman–Crippen MR) is 45.1 cm³/mol. The lowest BCUT2D eigenvalue weighted by Gasteiger charge is -2.45. The van der Waals surface area contributed by atoms with E-state index in [1.807, 2.05) is 0 Å². The van der Waals surface area contributed by atoms with Crippen LogP contribution in [0.15, 0.2) is 12.3 Å². The van der Waals surface area contributed by atoms with Gasteiger partial charge in [-0.2, -0.15) is 0 Å². The third-order valence-electron chi connectivity index (χ3n) is 3.75. The molecular weight excluding hydrogens is 134 g/mol. The van der Waals surface area contributed by atoms with Gasteiger partial charge in [-0.25, -0.2) is 0 Å². The maximum absolute atomic E-state index is 2.58.